The molecule has 1 N–H and O–H groups in total. The van der Waals surface area contributed by atoms with Crippen LogP contribution in [0.2, 0.25) is 5.02 Å². The van der Waals surface area contributed by atoms with Crippen LogP contribution in [-0.4, -0.2) is 32.7 Å². The summed E-state index contributed by atoms with van der Waals surface area (Å²) in [5.41, 5.74) is 0.111. The second-order valence-corrected chi connectivity index (χ2v) is 10.0. The summed E-state index contributed by atoms with van der Waals surface area (Å²) in [6.07, 6.45) is 0. The molecule has 1 unspecified atom stereocenters. The first kappa shape index (κ1) is 20.6. The fourth-order valence-electron chi connectivity index (χ4n) is 3.62. The second-order valence-electron chi connectivity index (χ2n) is 8.65. The van der Waals surface area contributed by atoms with E-state index in [9.17, 15) is 9.59 Å². The Balaban J connectivity index is 1.85. The third-order valence-electron chi connectivity index (χ3n) is 4.97. The molecule has 3 aromatic rings. The van der Waals surface area contributed by atoms with Gasteiger partial charge in [-0.25, -0.2) is 0 Å². The van der Waals surface area contributed by atoms with Crippen molar-refractivity contribution in [1.29, 1.82) is 0 Å². The van der Waals surface area contributed by atoms with E-state index < -0.39 is 11.1 Å². The molecule has 2 aromatic heterocycles. The summed E-state index contributed by atoms with van der Waals surface area (Å²) in [7, 11) is 0. The fraction of sp³-hybridized carbons (Fsp3) is 0.318. The highest BCUT2D eigenvalue weighted by atomic mass is 35.5. The number of aromatic nitrogens is 2. The number of hydrogen-bond donors (Lipinski definition) is 1. The molecule has 0 fully saturated rings. The topological polar surface area (TPSA) is 67.2 Å². The molecule has 0 radical (unpaired) electrons. The summed E-state index contributed by atoms with van der Waals surface area (Å²) in [5.74, 6) is -0.535. The number of halogens is 1. The Hall–Kier alpha value is -2.64. The Kier molecular flexibility index (Phi) is 4.98. The van der Waals surface area contributed by atoms with Crippen LogP contribution in [0.15, 0.2) is 47.8 Å². The van der Waals surface area contributed by atoms with Gasteiger partial charge in [0.2, 0.25) is 5.91 Å². The Bertz CT molecular complexity index is 1120. The fourth-order valence-corrected chi connectivity index (χ4v) is 4.49. The Morgan fingerprint density at radius 1 is 1.23 bits per heavy atom. The number of amides is 2. The number of hydrogen-bond acceptors (Lipinski definition) is 4. The lowest BCUT2D eigenvalue weighted by Crippen LogP contribution is -2.66. The molecule has 1 aliphatic rings. The third-order valence-corrected chi connectivity index (χ3v) is 6.10. The molecule has 4 rings (SSSR count). The van der Waals surface area contributed by atoms with E-state index in [1.165, 1.54) is 4.90 Å². The van der Waals surface area contributed by atoms with Crippen molar-refractivity contribution in [3.63, 3.8) is 0 Å². The Labute approximate surface area is 184 Å². The van der Waals surface area contributed by atoms with E-state index in [-0.39, 0.29) is 18.4 Å². The van der Waals surface area contributed by atoms with Gasteiger partial charge in [-0.2, -0.15) is 5.10 Å². The van der Waals surface area contributed by atoms with Crippen molar-refractivity contribution in [3.8, 4) is 10.6 Å². The van der Waals surface area contributed by atoms with Crippen LogP contribution in [0.25, 0.3) is 10.6 Å². The van der Waals surface area contributed by atoms with Gasteiger partial charge in [0.1, 0.15) is 16.9 Å². The van der Waals surface area contributed by atoms with Crippen molar-refractivity contribution in [2.45, 2.75) is 45.3 Å². The first-order valence-electron chi connectivity index (χ1n) is 9.63. The van der Waals surface area contributed by atoms with Crippen molar-refractivity contribution >= 4 is 40.4 Å². The van der Waals surface area contributed by atoms with Crippen LogP contribution in [0.3, 0.4) is 0 Å². The van der Waals surface area contributed by atoms with Crippen LogP contribution >= 0.6 is 22.9 Å². The third kappa shape index (κ3) is 3.63. The monoisotopic (exact) mass is 442 g/mol. The molecular weight excluding hydrogens is 420 g/mol. The molecule has 0 saturated heterocycles. The number of anilines is 1. The number of fused-ring (bicyclic) bond motifs is 1. The Morgan fingerprint density at radius 2 is 2.00 bits per heavy atom. The molecule has 0 spiro atoms. The molecule has 0 aliphatic carbocycles. The number of carbonyl (C=O) groups is 2. The highest BCUT2D eigenvalue weighted by Crippen LogP contribution is 2.36. The van der Waals surface area contributed by atoms with Gasteiger partial charge in [-0.15, -0.1) is 11.3 Å². The molecule has 156 valence electrons. The van der Waals surface area contributed by atoms with Crippen molar-refractivity contribution in [2.75, 3.05) is 4.90 Å². The van der Waals surface area contributed by atoms with Crippen LogP contribution in [0.5, 0.6) is 0 Å². The van der Waals surface area contributed by atoms with Gasteiger partial charge >= 0.3 is 0 Å². The molecule has 1 aromatic carbocycles. The van der Waals surface area contributed by atoms with Crippen LogP contribution in [0.1, 0.15) is 38.2 Å². The molecule has 6 nitrogen and oxygen atoms in total. The van der Waals surface area contributed by atoms with E-state index in [0.29, 0.717) is 16.4 Å². The SMILES string of the molecule is CC(C)(C)NC(=O)C1(C)Cn2nc(-c3cccs3)cc2C(=O)N1c1cccc(Cl)c1. The summed E-state index contributed by atoms with van der Waals surface area (Å²) in [5, 5.41) is 10.1. The van der Waals surface area contributed by atoms with E-state index in [1.54, 1.807) is 53.3 Å². The smallest absolute Gasteiger partial charge is 0.277 e. The molecule has 30 heavy (non-hydrogen) atoms. The maximum absolute atomic E-state index is 13.6. The van der Waals surface area contributed by atoms with E-state index in [1.807, 2.05) is 38.3 Å². The van der Waals surface area contributed by atoms with Crippen molar-refractivity contribution in [2.24, 2.45) is 0 Å². The average Bonchev–Trinajstić information content (AvgIpc) is 3.29. The number of benzene rings is 1. The quantitative estimate of drug-likeness (QED) is 0.644. The molecular formula is C22H23ClN4O2S. The zero-order chi connectivity index (χ0) is 21.7. The lowest BCUT2D eigenvalue weighted by molar-refractivity contribution is -0.128. The predicted octanol–water partition coefficient (Wildman–Crippen LogP) is 4.60. The van der Waals surface area contributed by atoms with Crippen LogP contribution in [0.4, 0.5) is 5.69 Å². The lowest BCUT2D eigenvalue weighted by atomic mass is 9.92. The largest absolute Gasteiger partial charge is 0.349 e. The summed E-state index contributed by atoms with van der Waals surface area (Å²) in [6.45, 7) is 7.74. The first-order valence-corrected chi connectivity index (χ1v) is 10.9. The normalized spacial score (nSPS) is 19.0. The molecule has 2 amide bonds. The van der Waals surface area contributed by atoms with Crippen molar-refractivity contribution in [3.05, 3.63) is 58.6 Å². The lowest BCUT2D eigenvalue weighted by Gasteiger charge is -2.44. The van der Waals surface area contributed by atoms with Crippen LogP contribution in [0, 0.1) is 0 Å². The summed E-state index contributed by atoms with van der Waals surface area (Å²) in [4.78, 5) is 29.6. The minimum atomic E-state index is -1.18. The maximum atomic E-state index is 13.6. The molecule has 3 heterocycles. The Morgan fingerprint density at radius 3 is 2.63 bits per heavy atom. The highest BCUT2D eigenvalue weighted by Gasteiger charge is 2.49. The molecule has 0 saturated carbocycles. The van der Waals surface area contributed by atoms with Gasteiger partial charge < -0.3 is 5.32 Å². The van der Waals surface area contributed by atoms with Crippen LogP contribution < -0.4 is 10.2 Å². The molecule has 8 heteroatoms. The predicted molar refractivity (Wildman–Crippen MR) is 120 cm³/mol. The number of carbonyl (C=O) groups excluding carboxylic acids is 2. The van der Waals surface area contributed by atoms with Gasteiger partial charge in [0, 0.05) is 16.2 Å². The van der Waals surface area contributed by atoms with Crippen LogP contribution in [-0.2, 0) is 11.3 Å². The molecule has 1 atom stereocenters. The zero-order valence-electron chi connectivity index (χ0n) is 17.3. The van der Waals surface area contributed by atoms with Gasteiger partial charge in [-0.3, -0.25) is 19.2 Å². The summed E-state index contributed by atoms with van der Waals surface area (Å²) in [6, 6.07) is 12.7. The minimum Gasteiger partial charge on any atom is -0.349 e. The van der Waals surface area contributed by atoms with Gasteiger partial charge in [-0.1, -0.05) is 23.7 Å². The van der Waals surface area contributed by atoms with E-state index in [2.05, 4.69) is 10.4 Å². The molecule has 0 bridgehead atoms. The van der Waals surface area contributed by atoms with Gasteiger partial charge in [0.15, 0.2) is 0 Å². The average molecular weight is 443 g/mol. The van der Waals surface area contributed by atoms with E-state index >= 15 is 0 Å². The number of nitrogens with one attached hydrogen (secondary N) is 1. The minimum absolute atomic E-state index is 0.230. The van der Waals surface area contributed by atoms with Gasteiger partial charge in [0.05, 0.1) is 11.4 Å². The number of nitrogens with zero attached hydrogens (tertiary/aromatic N) is 3. The van der Waals surface area contributed by atoms with Crippen molar-refractivity contribution in [1.82, 2.24) is 15.1 Å². The second kappa shape index (κ2) is 7.25. The summed E-state index contributed by atoms with van der Waals surface area (Å²) >= 11 is 7.76. The number of rotatable bonds is 3. The molecule has 1 aliphatic heterocycles. The van der Waals surface area contributed by atoms with Gasteiger partial charge in [0.25, 0.3) is 5.91 Å². The zero-order valence-corrected chi connectivity index (χ0v) is 18.8. The van der Waals surface area contributed by atoms with Crippen molar-refractivity contribution < 1.29 is 9.59 Å². The van der Waals surface area contributed by atoms with E-state index in [4.69, 9.17) is 11.6 Å². The van der Waals surface area contributed by atoms with E-state index in [0.717, 1.165) is 10.6 Å². The van der Waals surface area contributed by atoms with Gasteiger partial charge in [-0.05, 0) is 63.4 Å². The maximum Gasteiger partial charge on any atom is 0.277 e. The number of thiophene rings is 1. The standard InChI is InChI=1S/C22H23ClN4O2S/c1-21(2,3)24-20(29)22(4)13-26-17(12-16(25-26)18-9-6-10-30-18)19(28)27(22)15-8-5-7-14(23)11-15/h5-12H,13H2,1-4H3,(H,24,29). The first-order chi connectivity index (χ1) is 14.1. The summed E-state index contributed by atoms with van der Waals surface area (Å²) < 4.78 is 1.64. The highest BCUT2D eigenvalue weighted by molar-refractivity contribution is 7.13.